The molecule has 0 saturated heterocycles. The molecule has 0 aliphatic carbocycles. The maximum atomic E-state index is 13.3. The van der Waals surface area contributed by atoms with Crippen LogP contribution in [0, 0.1) is 23.7 Å². The van der Waals surface area contributed by atoms with Crippen LogP contribution in [0.5, 0.6) is 0 Å². The van der Waals surface area contributed by atoms with Crippen molar-refractivity contribution in [2.45, 2.75) is 486 Å². The number of esters is 4. The van der Waals surface area contributed by atoms with Crippen molar-refractivity contribution in [3.8, 4) is 0 Å². The zero-order chi connectivity index (χ0) is 81.0. The second kappa shape index (κ2) is 86.1. The normalized spacial score (nSPS) is 12.7. The zero-order valence-electron chi connectivity index (χ0n) is 75.1. The van der Waals surface area contributed by atoms with E-state index in [0.29, 0.717) is 58.8 Å². The molecular formula is C97H188N4O10. The Morgan fingerprint density at radius 3 is 0.586 bits per heavy atom. The Kier molecular flexibility index (Phi) is 83.6. The van der Waals surface area contributed by atoms with Crippen molar-refractivity contribution in [1.29, 1.82) is 0 Å². The van der Waals surface area contributed by atoms with E-state index in [1.807, 2.05) is 0 Å². The second-order valence-corrected chi connectivity index (χ2v) is 34.0. The molecule has 0 aliphatic rings. The second-order valence-electron chi connectivity index (χ2n) is 34.0. The van der Waals surface area contributed by atoms with Crippen molar-refractivity contribution < 1.29 is 47.7 Å². The van der Waals surface area contributed by atoms with Gasteiger partial charge in [0.25, 0.3) is 0 Å². The van der Waals surface area contributed by atoms with Crippen LogP contribution < -0.4 is 10.6 Å². The highest BCUT2D eigenvalue weighted by molar-refractivity contribution is 5.79. The van der Waals surface area contributed by atoms with Crippen LogP contribution in [0.2, 0.25) is 0 Å². The topological polar surface area (TPSA) is 170 Å². The van der Waals surface area contributed by atoms with Gasteiger partial charge < -0.3 is 39.4 Å². The summed E-state index contributed by atoms with van der Waals surface area (Å²) >= 11 is 0. The maximum Gasteiger partial charge on any atom is 0.308 e. The van der Waals surface area contributed by atoms with Crippen LogP contribution in [0.3, 0.4) is 0 Å². The molecule has 0 heterocycles. The Hall–Kier alpha value is -3.26. The molecular weight excluding hydrogens is 1380 g/mol. The lowest BCUT2D eigenvalue weighted by molar-refractivity contribution is -0.150. The van der Waals surface area contributed by atoms with Gasteiger partial charge in [-0.2, -0.15) is 0 Å². The fourth-order valence-electron chi connectivity index (χ4n) is 15.8. The van der Waals surface area contributed by atoms with Gasteiger partial charge >= 0.3 is 23.9 Å². The van der Waals surface area contributed by atoms with Crippen LogP contribution in [-0.2, 0) is 47.7 Å². The number of amides is 2. The van der Waals surface area contributed by atoms with Gasteiger partial charge in [-0.15, -0.1) is 0 Å². The first kappa shape index (κ1) is 108. The van der Waals surface area contributed by atoms with Crippen LogP contribution in [0.4, 0.5) is 0 Å². The third-order valence-corrected chi connectivity index (χ3v) is 23.3. The molecule has 0 saturated carbocycles. The molecule has 0 aliphatic heterocycles. The molecule has 4 unspecified atom stereocenters. The van der Waals surface area contributed by atoms with Gasteiger partial charge in [-0.3, -0.25) is 28.8 Å². The van der Waals surface area contributed by atoms with Gasteiger partial charge in [0.2, 0.25) is 11.8 Å². The third kappa shape index (κ3) is 72.9. The van der Waals surface area contributed by atoms with Crippen LogP contribution in [-0.4, -0.2) is 124 Å². The van der Waals surface area contributed by atoms with Gasteiger partial charge in [-0.25, -0.2) is 0 Å². The number of nitrogens with one attached hydrogen (secondary N) is 2. The highest BCUT2D eigenvalue weighted by Gasteiger charge is 2.24. The predicted molar refractivity (Wildman–Crippen MR) is 471 cm³/mol. The summed E-state index contributed by atoms with van der Waals surface area (Å²) in [4.78, 5) is 85.0. The lowest BCUT2D eigenvalue weighted by Gasteiger charge is -2.23. The van der Waals surface area contributed by atoms with E-state index in [2.05, 4.69) is 75.8 Å². The molecule has 0 aromatic carbocycles. The summed E-state index contributed by atoms with van der Waals surface area (Å²) in [7, 11) is 0. The first-order valence-electron chi connectivity index (χ1n) is 49.1. The standard InChI is InChI=1S/C97H188N4O10/c1-9-17-25-33-37-53-70-88(66-49-29-21-13-5)94(104)108-84-61-45-41-57-78-100(79-58-42-46-62-85-109-95(105)89(67-50-30-22-14-6)71-54-38-34-26-18-10-2)82-76-98-92(102)74-65-75-93(103)99-77-83-101(80-59-43-47-63-86-110-96(106)90(68-51-31-23-15-7)72-55-39-35-27-19-11-3)81-60-44-48-64-87-111-97(107)91(69-52-32-24-16-8)73-56-40-36-28-20-12-4/h88-91H,9-87H2,1-8H3,(H,98,102)(H,99,103). The number of ether oxygens (including phenoxy) is 4. The average molecular weight is 1570 g/mol. The quantitative estimate of drug-likeness (QED) is 0.0336. The number of unbranched alkanes of at least 4 members (excludes halogenated alkanes) is 44. The molecule has 14 nitrogen and oxygen atoms in total. The van der Waals surface area contributed by atoms with E-state index < -0.39 is 0 Å². The Morgan fingerprint density at radius 1 is 0.207 bits per heavy atom. The zero-order valence-corrected chi connectivity index (χ0v) is 75.1. The fourth-order valence-corrected chi connectivity index (χ4v) is 15.8. The van der Waals surface area contributed by atoms with Gasteiger partial charge in [0.1, 0.15) is 0 Å². The lowest BCUT2D eigenvalue weighted by atomic mass is 9.94. The SMILES string of the molecule is CCCCCCCCC(CCCCCC)C(=O)OCCCCCCN(CCCCCCOC(=O)C(CCCCCC)CCCCCCCC)CCNC(=O)CCCC(=O)NCCN(CCCCCCOC(=O)C(CCCCCC)CCCCCCCC)CCCCCCOC(=O)C(CCCCCC)CCCCCCCC. The van der Waals surface area contributed by atoms with Crippen molar-refractivity contribution in [1.82, 2.24) is 20.4 Å². The third-order valence-electron chi connectivity index (χ3n) is 23.3. The molecule has 4 atom stereocenters. The van der Waals surface area contributed by atoms with Crippen molar-refractivity contribution in [3.05, 3.63) is 0 Å². The highest BCUT2D eigenvalue weighted by Crippen LogP contribution is 2.26. The minimum atomic E-state index is -0.0179. The number of carbonyl (C=O) groups is 6. The van der Waals surface area contributed by atoms with E-state index in [1.54, 1.807) is 0 Å². The van der Waals surface area contributed by atoms with E-state index in [9.17, 15) is 28.8 Å². The number of hydrogen-bond acceptors (Lipinski definition) is 12. The molecule has 0 fully saturated rings. The van der Waals surface area contributed by atoms with Crippen molar-refractivity contribution in [3.63, 3.8) is 0 Å². The van der Waals surface area contributed by atoms with Gasteiger partial charge in [-0.1, -0.05) is 364 Å². The summed E-state index contributed by atoms with van der Waals surface area (Å²) in [5, 5.41) is 6.36. The summed E-state index contributed by atoms with van der Waals surface area (Å²) in [5.41, 5.74) is 0. The molecule has 2 N–H and O–H groups in total. The maximum absolute atomic E-state index is 13.3. The summed E-state index contributed by atoms with van der Waals surface area (Å²) in [6.07, 6.45) is 73.2. The first-order chi connectivity index (χ1) is 54.4. The Bertz CT molecular complexity index is 1770. The molecule has 14 heteroatoms. The highest BCUT2D eigenvalue weighted by atomic mass is 16.5. The Labute approximate surface area is 688 Å². The van der Waals surface area contributed by atoms with Crippen molar-refractivity contribution in [2.24, 2.45) is 23.7 Å². The van der Waals surface area contributed by atoms with Crippen LogP contribution in [0.1, 0.15) is 486 Å². The van der Waals surface area contributed by atoms with E-state index in [1.165, 1.54) is 205 Å². The van der Waals surface area contributed by atoms with Gasteiger partial charge in [-0.05, 0) is 135 Å². The summed E-state index contributed by atoms with van der Waals surface area (Å²) < 4.78 is 23.8. The van der Waals surface area contributed by atoms with E-state index >= 15 is 0 Å². The first-order valence-corrected chi connectivity index (χ1v) is 49.1. The van der Waals surface area contributed by atoms with E-state index in [4.69, 9.17) is 18.9 Å². The Morgan fingerprint density at radius 2 is 0.378 bits per heavy atom. The molecule has 0 bridgehead atoms. The summed E-state index contributed by atoms with van der Waals surface area (Å²) in [5.74, 6) is 0.140. The number of nitrogens with zero attached hydrogens (tertiary/aromatic N) is 2. The summed E-state index contributed by atoms with van der Waals surface area (Å²) in [6, 6.07) is 0. The molecule has 0 aromatic rings. The fraction of sp³-hybridized carbons (Fsp3) is 0.938. The number of carbonyl (C=O) groups excluding carboxylic acids is 6. The number of rotatable bonds is 90. The van der Waals surface area contributed by atoms with Gasteiger partial charge in [0.05, 0.1) is 50.1 Å². The van der Waals surface area contributed by atoms with Crippen molar-refractivity contribution >= 4 is 35.7 Å². The van der Waals surface area contributed by atoms with Crippen molar-refractivity contribution in [2.75, 3.05) is 78.8 Å². The van der Waals surface area contributed by atoms with Gasteiger partial charge in [0, 0.05) is 39.0 Å². The minimum absolute atomic E-state index is 0.0149. The molecule has 0 spiro atoms. The van der Waals surface area contributed by atoms with E-state index in [-0.39, 0.29) is 59.4 Å². The van der Waals surface area contributed by atoms with Crippen LogP contribution >= 0.6 is 0 Å². The smallest absolute Gasteiger partial charge is 0.308 e. The van der Waals surface area contributed by atoms with Crippen LogP contribution in [0.25, 0.3) is 0 Å². The minimum Gasteiger partial charge on any atom is -0.465 e. The largest absolute Gasteiger partial charge is 0.465 e. The number of hydrogen-bond donors (Lipinski definition) is 2. The van der Waals surface area contributed by atoms with Gasteiger partial charge in [0.15, 0.2) is 0 Å². The lowest BCUT2D eigenvalue weighted by Crippen LogP contribution is -2.36. The monoisotopic (exact) mass is 1570 g/mol. The Balaban J connectivity index is 5.63. The van der Waals surface area contributed by atoms with E-state index in [0.717, 1.165) is 245 Å². The molecule has 0 radical (unpaired) electrons. The molecule has 0 aromatic heterocycles. The average Bonchev–Trinajstić information content (AvgIpc) is 0.964. The molecule has 656 valence electrons. The van der Waals surface area contributed by atoms with Crippen LogP contribution in [0.15, 0.2) is 0 Å². The summed E-state index contributed by atoms with van der Waals surface area (Å²) in [6.45, 7) is 26.4. The molecule has 0 rings (SSSR count). The molecule has 2 amide bonds. The predicted octanol–water partition coefficient (Wildman–Crippen LogP) is 26.8. The molecule has 111 heavy (non-hydrogen) atoms.